The third kappa shape index (κ3) is 3.71. The molecule has 1 fully saturated rings. The van der Waals surface area contributed by atoms with Crippen LogP contribution >= 0.6 is 0 Å². The number of carbonyl (C=O) groups excluding carboxylic acids is 1. The van der Waals surface area contributed by atoms with Crippen LogP contribution in [0.1, 0.15) is 18.4 Å². The molecule has 0 heterocycles. The summed E-state index contributed by atoms with van der Waals surface area (Å²) in [5.74, 6) is 0.132. The van der Waals surface area contributed by atoms with Gasteiger partial charge in [-0.1, -0.05) is 6.07 Å². The minimum Gasteiger partial charge on any atom is -0.398 e. The van der Waals surface area contributed by atoms with Crippen molar-refractivity contribution in [3.05, 3.63) is 23.8 Å². The van der Waals surface area contributed by atoms with Crippen molar-refractivity contribution >= 4 is 21.6 Å². The standard InChI is InChI=1S/C13H19N3O3S/c1-9-2-5-11(8-12(9)14)20(18,19)16-7-6-15-13(17)10-3-4-10/h2,5,8,10,16H,3-4,6-7,14H2,1H3,(H,15,17). The molecule has 0 aliphatic heterocycles. The van der Waals surface area contributed by atoms with Gasteiger partial charge in [0.25, 0.3) is 0 Å². The van der Waals surface area contributed by atoms with Crippen molar-refractivity contribution in [3.8, 4) is 0 Å². The number of rotatable bonds is 6. The van der Waals surface area contributed by atoms with Crippen molar-refractivity contribution in [2.24, 2.45) is 5.92 Å². The first-order valence-electron chi connectivity index (χ1n) is 6.53. The molecule has 2 rings (SSSR count). The molecule has 1 aromatic carbocycles. The zero-order chi connectivity index (χ0) is 14.8. The highest BCUT2D eigenvalue weighted by molar-refractivity contribution is 7.89. The van der Waals surface area contributed by atoms with Gasteiger partial charge in [-0.3, -0.25) is 4.79 Å². The predicted molar refractivity (Wildman–Crippen MR) is 76.5 cm³/mol. The Morgan fingerprint density at radius 3 is 2.65 bits per heavy atom. The lowest BCUT2D eigenvalue weighted by atomic mass is 10.2. The summed E-state index contributed by atoms with van der Waals surface area (Å²) in [6.07, 6.45) is 1.86. The fraction of sp³-hybridized carbons (Fsp3) is 0.462. The van der Waals surface area contributed by atoms with E-state index in [1.807, 2.05) is 6.92 Å². The van der Waals surface area contributed by atoms with Crippen molar-refractivity contribution in [3.63, 3.8) is 0 Å². The van der Waals surface area contributed by atoms with Gasteiger partial charge in [-0.05, 0) is 37.5 Å². The Balaban J connectivity index is 1.86. The molecule has 7 heteroatoms. The van der Waals surface area contributed by atoms with E-state index in [-0.39, 0.29) is 29.8 Å². The monoisotopic (exact) mass is 297 g/mol. The van der Waals surface area contributed by atoms with Crippen LogP contribution in [0.15, 0.2) is 23.1 Å². The molecule has 0 aromatic heterocycles. The van der Waals surface area contributed by atoms with Gasteiger partial charge in [0.2, 0.25) is 15.9 Å². The van der Waals surface area contributed by atoms with E-state index in [1.165, 1.54) is 12.1 Å². The Hall–Kier alpha value is -1.60. The van der Waals surface area contributed by atoms with Gasteiger partial charge in [-0.2, -0.15) is 0 Å². The molecule has 0 atom stereocenters. The second-order valence-electron chi connectivity index (χ2n) is 4.98. The number of amides is 1. The first-order valence-corrected chi connectivity index (χ1v) is 8.02. The highest BCUT2D eigenvalue weighted by atomic mass is 32.2. The van der Waals surface area contributed by atoms with Crippen LogP contribution in [-0.2, 0) is 14.8 Å². The molecule has 0 bridgehead atoms. The van der Waals surface area contributed by atoms with Crippen LogP contribution in [0.4, 0.5) is 5.69 Å². The average molecular weight is 297 g/mol. The Bertz CT molecular complexity index is 609. The molecule has 0 radical (unpaired) electrons. The highest BCUT2D eigenvalue weighted by Gasteiger charge is 2.29. The van der Waals surface area contributed by atoms with Crippen LogP contribution in [0, 0.1) is 12.8 Å². The lowest BCUT2D eigenvalue weighted by Crippen LogP contribution is -2.35. The van der Waals surface area contributed by atoms with E-state index in [0.29, 0.717) is 5.69 Å². The number of nitrogens with one attached hydrogen (secondary N) is 2. The van der Waals surface area contributed by atoms with Crippen LogP contribution in [-0.4, -0.2) is 27.4 Å². The molecule has 4 N–H and O–H groups in total. The summed E-state index contributed by atoms with van der Waals surface area (Å²) >= 11 is 0. The second kappa shape index (κ2) is 5.80. The molecule has 0 spiro atoms. The van der Waals surface area contributed by atoms with Crippen LogP contribution < -0.4 is 15.8 Å². The average Bonchev–Trinajstić information content (AvgIpc) is 3.22. The smallest absolute Gasteiger partial charge is 0.240 e. The van der Waals surface area contributed by atoms with Crippen molar-refractivity contribution in [2.45, 2.75) is 24.7 Å². The number of benzene rings is 1. The van der Waals surface area contributed by atoms with Gasteiger partial charge in [0.1, 0.15) is 0 Å². The van der Waals surface area contributed by atoms with E-state index in [0.717, 1.165) is 18.4 Å². The largest absolute Gasteiger partial charge is 0.398 e. The molecular weight excluding hydrogens is 278 g/mol. The van der Waals surface area contributed by atoms with E-state index < -0.39 is 10.0 Å². The lowest BCUT2D eigenvalue weighted by molar-refractivity contribution is -0.122. The quantitative estimate of drug-likeness (QED) is 0.522. The summed E-state index contributed by atoms with van der Waals surface area (Å²) in [5.41, 5.74) is 6.98. The van der Waals surface area contributed by atoms with Gasteiger partial charge in [0.15, 0.2) is 0 Å². The lowest BCUT2D eigenvalue weighted by Gasteiger charge is -2.09. The maximum absolute atomic E-state index is 12.0. The summed E-state index contributed by atoms with van der Waals surface area (Å²) in [4.78, 5) is 11.5. The van der Waals surface area contributed by atoms with Crippen LogP contribution in [0.25, 0.3) is 0 Å². The summed E-state index contributed by atoms with van der Waals surface area (Å²) < 4.78 is 26.5. The molecule has 1 aliphatic rings. The third-order valence-corrected chi connectivity index (χ3v) is 4.68. The predicted octanol–water partition coefficient (Wildman–Crippen LogP) is 0.382. The van der Waals surface area contributed by atoms with E-state index in [1.54, 1.807) is 6.07 Å². The van der Waals surface area contributed by atoms with E-state index in [2.05, 4.69) is 10.0 Å². The minimum absolute atomic E-state index is 0.00350. The summed E-state index contributed by atoms with van der Waals surface area (Å²) in [6.45, 7) is 2.26. The molecule has 6 nitrogen and oxygen atoms in total. The number of hydrogen-bond acceptors (Lipinski definition) is 4. The second-order valence-corrected chi connectivity index (χ2v) is 6.75. The van der Waals surface area contributed by atoms with Gasteiger partial charge < -0.3 is 11.1 Å². The Labute approximate surface area is 118 Å². The highest BCUT2D eigenvalue weighted by Crippen LogP contribution is 2.28. The number of aryl methyl sites for hydroxylation is 1. The van der Waals surface area contributed by atoms with Gasteiger partial charge in [0, 0.05) is 24.7 Å². The topological polar surface area (TPSA) is 101 Å². The number of nitrogens with two attached hydrogens (primary N) is 1. The van der Waals surface area contributed by atoms with Crippen molar-refractivity contribution in [1.29, 1.82) is 0 Å². The number of sulfonamides is 1. The Morgan fingerprint density at radius 2 is 2.05 bits per heavy atom. The zero-order valence-corrected chi connectivity index (χ0v) is 12.2. The first kappa shape index (κ1) is 14.8. The van der Waals surface area contributed by atoms with Gasteiger partial charge in [-0.25, -0.2) is 13.1 Å². The van der Waals surface area contributed by atoms with Crippen LogP contribution in [0.2, 0.25) is 0 Å². The summed E-state index contributed by atoms with van der Waals surface area (Å²) in [6, 6.07) is 4.61. The molecule has 0 unspecified atom stereocenters. The molecule has 0 saturated heterocycles. The first-order chi connectivity index (χ1) is 9.40. The molecule has 110 valence electrons. The maximum Gasteiger partial charge on any atom is 0.240 e. The number of nitrogen functional groups attached to an aromatic ring is 1. The molecule has 1 aliphatic carbocycles. The Kier molecular flexibility index (Phi) is 4.29. The summed E-state index contributed by atoms with van der Waals surface area (Å²) in [7, 11) is -3.58. The third-order valence-electron chi connectivity index (χ3n) is 3.23. The SMILES string of the molecule is Cc1ccc(S(=O)(=O)NCCNC(=O)C2CC2)cc1N. The molecular formula is C13H19N3O3S. The fourth-order valence-corrected chi connectivity index (χ4v) is 2.80. The zero-order valence-electron chi connectivity index (χ0n) is 11.3. The van der Waals surface area contributed by atoms with Crippen molar-refractivity contribution < 1.29 is 13.2 Å². The van der Waals surface area contributed by atoms with E-state index >= 15 is 0 Å². The maximum atomic E-state index is 12.0. The Morgan fingerprint density at radius 1 is 1.35 bits per heavy atom. The van der Waals surface area contributed by atoms with Crippen molar-refractivity contribution in [2.75, 3.05) is 18.8 Å². The number of hydrogen-bond donors (Lipinski definition) is 3. The number of anilines is 1. The van der Waals surface area contributed by atoms with Gasteiger partial charge in [0.05, 0.1) is 4.90 Å². The number of carbonyl (C=O) groups is 1. The molecule has 1 amide bonds. The van der Waals surface area contributed by atoms with E-state index in [9.17, 15) is 13.2 Å². The van der Waals surface area contributed by atoms with Crippen LogP contribution in [0.5, 0.6) is 0 Å². The van der Waals surface area contributed by atoms with Crippen LogP contribution in [0.3, 0.4) is 0 Å². The van der Waals surface area contributed by atoms with Gasteiger partial charge in [-0.15, -0.1) is 0 Å². The fourth-order valence-electron chi connectivity index (χ4n) is 1.73. The molecule has 1 aromatic rings. The minimum atomic E-state index is -3.58. The van der Waals surface area contributed by atoms with E-state index in [4.69, 9.17) is 5.73 Å². The normalized spacial score (nSPS) is 15.1. The molecule has 20 heavy (non-hydrogen) atoms. The summed E-state index contributed by atoms with van der Waals surface area (Å²) in [5, 5.41) is 2.70. The van der Waals surface area contributed by atoms with Gasteiger partial charge >= 0.3 is 0 Å². The van der Waals surface area contributed by atoms with Crippen molar-refractivity contribution in [1.82, 2.24) is 10.0 Å². The molecule has 1 saturated carbocycles.